The zero-order valence-electron chi connectivity index (χ0n) is 19.4. The van der Waals surface area contributed by atoms with Crippen molar-refractivity contribution in [2.24, 2.45) is 0 Å². The largest absolute Gasteiger partial charge is 0.364 e. The van der Waals surface area contributed by atoms with Crippen LogP contribution in [0.5, 0.6) is 0 Å². The van der Waals surface area contributed by atoms with Crippen LogP contribution in [0.15, 0.2) is 29.5 Å². The van der Waals surface area contributed by atoms with Crippen LogP contribution < -0.4 is 16.2 Å². The van der Waals surface area contributed by atoms with Crippen molar-refractivity contribution < 1.29 is 4.39 Å². The number of nitrogens with one attached hydrogen (secondary N) is 2. The Morgan fingerprint density at radius 1 is 1.27 bits per heavy atom. The van der Waals surface area contributed by atoms with Crippen molar-refractivity contribution in [2.75, 3.05) is 37.4 Å². The fraction of sp³-hybridized carbons (Fsp3) is 0.565. The number of halogens is 1. The molecule has 2 N–H and O–H groups in total. The third-order valence-corrected chi connectivity index (χ3v) is 6.82. The maximum absolute atomic E-state index is 13.3. The number of nitrogens with zero attached hydrogens (tertiary/aromatic N) is 6. The molecule has 0 spiro atoms. The molecule has 9 nitrogen and oxygen atoms in total. The van der Waals surface area contributed by atoms with Gasteiger partial charge in [0.2, 0.25) is 5.95 Å². The lowest BCUT2D eigenvalue weighted by Gasteiger charge is -2.28. The summed E-state index contributed by atoms with van der Waals surface area (Å²) in [7, 11) is 2.14. The molecule has 1 aliphatic carbocycles. The summed E-state index contributed by atoms with van der Waals surface area (Å²) in [5.74, 6) is 0.878. The van der Waals surface area contributed by atoms with Gasteiger partial charge in [0.25, 0.3) is 5.56 Å². The number of hydrogen-bond donors (Lipinski definition) is 2. The highest BCUT2D eigenvalue weighted by molar-refractivity contribution is 5.90. The Kier molecular flexibility index (Phi) is 5.55. The van der Waals surface area contributed by atoms with Gasteiger partial charge in [-0.05, 0) is 65.7 Å². The fourth-order valence-corrected chi connectivity index (χ4v) is 4.31. The van der Waals surface area contributed by atoms with Gasteiger partial charge in [0.15, 0.2) is 0 Å². The Bertz CT molecular complexity index is 1210. The molecule has 0 bridgehead atoms. The average molecular weight is 455 g/mol. The van der Waals surface area contributed by atoms with Crippen LogP contribution in [0.2, 0.25) is 0 Å². The Morgan fingerprint density at radius 2 is 2.03 bits per heavy atom. The Labute approximate surface area is 192 Å². The van der Waals surface area contributed by atoms with E-state index in [0.29, 0.717) is 28.7 Å². The first-order chi connectivity index (χ1) is 15.8. The molecule has 3 aromatic rings. The zero-order valence-corrected chi connectivity index (χ0v) is 19.4. The monoisotopic (exact) mass is 454 g/mol. The van der Waals surface area contributed by atoms with Crippen molar-refractivity contribution in [3.63, 3.8) is 0 Å². The van der Waals surface area contributed by atoms with Gasteiger partial charge in [-0.2, -0.15) is 10.1 Å². The number of anilines is 3. The Balaban J connectivity index is 1.47. The minimum Gasteiger partial charge on any atom is -0.364 e. The number of likely N-dealkylation sites (tertiary alicyclic amines) is 1. The van der Waals surface area contributed by atoms with Crippen LogP contribution in [0.4, 0.5) is 21.8 Å². The first-order valence-electron chi connectivity index (χ1n) is 11.6. The second-order valence-corrected chi connectivity index (χ2v) is 9.74. The Hall–Kier alpha value is -3.01. The second-order valence-electron chi connectivity index (χ2n) is 9.74. The first-order valence-corrected chi connectivity index (χ1v) is 11.6. The smallest absolute Gasteiger partial charge is 0.264 e. The second kappa shape index (κ2) is 8.40. The quantitative estimate of drug-likeness (QED) is 0.564. The Morgan fingerprint density at radius 3 is 2.73 bits per heavy atom. The molecule has 1 saturated heterocycles. The van der Waals surface area contributed by atoms with E-state index >= 15 is 0 Å². The summed E-state index contributed by atoms with van der Waals surface area (Å²) >= 11 is 0. The van der Waals surface area contributed by atoms with Gasteiger partial charge in [0, 0.05) is 17.9 Å². The summed E-state index contributed by atoms with van der Waals surface area (Å²) in [4.78, 5) is 24.7. The van der Waals surface area contributed by atoms with Gasteiger partial charge in [-0.1, -0.05) is 0 Å². The summed E-state index contributed by atoms with van der Waals surface area (Å²) in [5.41, 5.74) is 0.952. The SMILES string of the molecule is C[C@@H](CF)n1ccc2nc(Nc3cnn(C4CCN(C)CC4)c3)nc(NC3(C)CC3)c2c1=O. The van der Waals surface area contributed by atoms with Crippen LogP contribution in [-0.4, -0.2) is 61.6 Å². The number of hydrogen-bond acceptors (Lipinski definition) is 7. The van der Waals surface area contributed by atoms with E-state index in [1.165, 1.54) is 4.57 Å². The lowest BCUT2D eigenvalue weighted by atomic mass is 10.1. The third-order valence-electron chi connectivity index (χ3n) is 6.82. The number of piperidine rings is 1. The molecule has 1 atom stereocenters. The van der Waals surface area contributed by atoms with E-state index in [4.69, 9.17) is 0 Å². The third kappa shape index (κ3) is 4.44. The molecule has 10 heteroatoms. The number of pyridine rings is 1. The van der Waals surface area contributed by atoms with Crippen LogP contribution in [-0.2, 0) is 0 Å². The summed E-state index contributed by atoms with van der Waals surface area (Å²) in [6, 6.07) is 1.59. The molecule has 5 rings (SSSR count). The standard InChI is InChI=1S/C23H31FN8O/c1-15(12-24)31-11-6-18-19(21(31)33)20(29-23(2)7-8-23)28-22(27-18)26-16-13-25-32(14-16)17-4-9-30(3)10-5-17/h6,11,13-15,17H,4-5,7-10,12H2,1-3H3,(H2,26,27,28,29)/t15-/m0/s1. The van der Waals surface area contributed by atoms with Gasteiger partial charge in [0.1, 0.15) is 17.9 Å². The minimum absolute atomic E-state index is 0.0869. The van der Waals surface area contributed by atoms with Crippen molar-refractivity contribution in [1.29, 1.82) is 0 Å². The number of alkyl halides is 1. The lowest BCUT2D eigenvalue weighted by Crippen LogP contribution is -2.31. The van der Waals surface area contributed by atoms with Crippen LogP contribution in [0.3, 0.4) is 0 Å². The number of fused-ring (bicyclic) bond motifs is 1. The average Bonchev–Trinajstić information content (AvgIpc) is 3.33. The van der Waals surface area contributed by atoms with Gasteiger partial charge in [0.05, 0.1) is 29.5 Å². The van der Waals surface area contributed by atoms with Gasteiger partial charge < -0.3 is 20.1 Å². The molecule has 3 aromatic heterocycles. The topological polar surface area (TPSA) is 92.9 Å². The van der Waals surface area contributed by atoms with Crippen LogP contribution in [0.25, 0.3) is 10.9 Å². The molecule has 0 amide bonds. The molecular weight excluding hydrogens is 423 g/mol. The highest BCUT2D eigenvalue weighted by Gasteiger charge is 2.38. The van der Waals surface area contributed by atoms with E-state index in [9.17, 15) is 9.18 Å². The van der Waals surface area contributed by atoms with Gasteiger partial charge in [-0.25, -0.2) is 9.37 Å². The van der Waals surface area contributed by atoms with Gasteiger partial charge in [-0.3, -0.25) is 9.48 Å². The van der Waals surface area contributed by atoms with E-state index in [-0.39, 0.29) is 11.1 Å². The van der Waals surface area contributed by atoms with Crippen molar-refractivity contribution >= 4 is 28.4 Å². The molecule has 0 unspecified atom stereocenters. The van der Waals surface area contributed by atoms with Crippen molar-refractivity contribution in [1.82, 2.24) is 29.2 Å². The van der Waals surface area contributed by atoms with Gasteiger partial charge in [-0.15, -0.1) is 0 Å². The zero-order chi connectivity index (χ0) is 23.2. The normalized spacial score (nSPS) is 19.5. The predicted octanol–water partition coefficient (Wildman–Crippen LogP) is 3.49. The van der Waals surface area contributed by atoms with E-state index in [0.717, 1.165) is 44.5 Å². The number of rotatable bonds is 7. The number of aromatic nitrogens is 5. The molecule has 2 aliphatic rings. The molecule has 176 valence electrons. The van der Waals surface area contributed by atoms with E-state index in [2.05, 4.69) is 44.6 Å². The molecule has 1 saturated carbocycles. The summed E-state index contributed by atoms with van der Waals surface area (Å²) < 4.78 is 16.7. The minimum atomic E-state index is -0.617. The maximum atomic E-state index is 13.3. The fourth-order valence-electron chi connectivity index (χ4n) is 4.31. The van der Waals surface area contributed by atoms with Crippen molar-refractivity contribution in [2.45, 2.75) is 57.2 Å². The summed E-state index contributed by atoms with van der Waals surface area (Å²) in [6.45, 7) is 5.29. The molecule has 0 aromatic carbocycles. The molecule has 33 heavy (non-hydrogen) atoms. The van der Waals surface area contributed by atoms with Crippen molar-refractivity contribution in [3.8, 4) is 0 Å². The van der Waals surface area contributed by atoms with Gasteiger partial charge >= 0.3 is 0 Å². The molecule has 2 fully saturated rings. The first kappa shape index (κ1) is 21.8. The highest BCUT2D eigenvalue weighted by Crippen LogP contribution is 2.39. The van der Waals surface area contributed by atoms with E-state index in [1.54, 1.807) is 25.4 Å². The van der Waals surface area contributed by atoms with Crippen molar-refractivity contribution in [3.05, 3.63) is 35.0 Å². The van der Waals surface area contributed by atoms with Crippen LogP contribution in [0, 0.1) is 0 Å². The van der Waals surface area contributed by atoms with Crippen LogP contribution in [0.1, 0.15) is 51.6 Å². The van der Waals surface area contributed by atoms with E-state index < -0.39 is 12.7 Å². The highest BCUT2D eigenvalue weighted by atomic mass is 19.1. The molecule has 0 radical (unpaired) electrons. The predicted molar refractivity (Wildman–Crippen MR) is 127 cm³/mol. The van der Waals surface area contributed by atoms with Crippen LogP contribution >= 0.6 is 0 Å². The molecule has 4 heterocycles. The van der Waals surface area contributed by atoms with E-state index in [1.807, 2.05) is 10.9 Å². The molecular formula is C23H31FN8O. The maximum Gasteiger partial charge on any atom is 0.264 e. The summed E-state index contributed by atoms with van der Waals surface area (Å²) in [6.07, 6.45) is 9.52. The molecule has 1 aliphatic heterocycles. The lowest BCUT2D eigenvalue weighted by molar-refractivity contribution is 0.212. The summed E-state index contributed by atoms with van der Waals surface area (Å²) in [5, 5.41) is 11.6.